The number of hydrogen-bond acceptors (Lipinski definition) is 7. The Hall–Kier alpha value is -3.99. The average molecular weight is 548 g/mol. The van der Waals surface area contributed by atoms with Crippen LogP contribution in [0.2, 0.25) is 0 Å². The molecule has 0 unspecified atom stereocenters. The van der Waals surface area contributed by atoms with Crippen molar-refractivity contribution < 1.29 is 4.74 Å². The number of anilines is 3. The van der Waals surface area contributed by atoms with Gasteiger partial charge in [-0.15, -0.1) is 0 Å². The lowest BCUT2D eigenvalue weighted by atomic mass is 9.82. The maximum absolute atomic E-state index is 5.38. The normalized spacial score (nSPS) is 16.9. The molecular weight excluding hydrogens is 514 g/mol. The molecule has 0 radical (unpaired) electrons. The van der Waals surface area contributed by atoms with Gasteiger partial charge >= 0.3 is 0 Å². The third-order valence-corrected chi connectivity index (χ3v) is 8.45. The van der Waals surface area contributed by atoms with Crippen molar-refractivity contribution in [2.24, 2.45) is 11.8 Å². The van der Waals surface area contributed by atoms with E-state index < -0.39 is 0 Å². The highest BCUT2D eigenvalue weighted by Gasteiger charge is 2.21. The number of para-hydroxylation sites is 1. The highest BCUT2D eigenvalue weighted by molar-refractivity contribution is 7.97. The molecule has 0 atom stereocenters. The Morgan fingerprint density at radius 1 is 0.875 bits per heavy atom. The first-order chi connectivity index (χ1) is 19.7. The van der Waals surface area contributed by atoms with E-state index >= 15 is 0 Å². The first-order valence-corrected chi connectivity index (χ1v) is 14.7. The van der Waals surface area contributed by atoms with Gasteiger partial charge in [0, 0.05) is 35.6 Å². The topological polar surface area (TPSA) is 71.1 Å². The molecule has 40 heavy (non-hydrogen) atoms. The highest BCUT2D eigenvalue weighted by atomic mass is 32.2. The summed E-state index contributed by atoms with van der Waals surface area (Å²) in [6.45, 7) is 1.89. The number of methoxy groups -OCH3 is 1. The van der Waals surface area contributed by atoms with E-state index in [9.17, 15) is 0 Å². The van der Waals surface area contributed by atoms with Crippen LogP contribution in [0.1, 0.15) is 25.7 Å². The largest absolute Gasteiger partial charge is 0.497 e. The fourth-order valence-electron chi connectivity index (χ4n) is 5.35. The van der Waals surface area contributed by atoms with Crippen LogP contribution in [0, 0.1) is 24.0 Å². The number of aromatic nitrogens is 2. The van der Waals surface area contributed by atoms with Gasteiger partial charge in [-0.1, -0.05) is 54.6 Å². The van der Waals surface area contributed by atoms with Crippen molar-refractivity contribution in [3.8, 4) is 5.75 Å². The number of nitrogens with one attached hydrogen (secondary N) is 3. The van der Waals surface area contributed by atoms with E-state index in [1.807, 2.05) is 54.6 Å². The first kappa shape index (κ1) is 26.2. The van der Waals surface area contributed by atoms with Crippen LogP contribution < -0.4 is 20.1 Å². The zero-order valence-corrected chi connectivity index (χ0v) is 23.4. The van der Waals surface area contributed by atoms with Gasteiger partial charge in [0.25, 0.3) is 0 Å². The number of rotatable bonds is 10. The Morgan fingerprint density at radius 3 is 2.50 bits per heavy atom. The zero-order chi connectivity index (χ0) is 27.1. The summed E-state index contributed by atoms with van der Waals surface area (Å²) in [5.41, 5.74) is 1.84. The van der Waals surface area contributed by atoms with E-state index in [2.05, 4.69) is 51.8 Å². The van der Waals surface area contributed by atoms with Gasteiger partial charge in [0.1, 0.15) is 11.6 Å². The van der Waals surface area contributed by atoms with Crippen molar-refractivity contribution in [3.63, 3.8) is 0 Å². The van der Waals surface area contributed by atoms with Crippen LogP contribution in [-0.2, 0) is 0 Å². The van der Waals surface area contributed by atoms with Crippen molar-refractivity contribution >= 4 is 51.1 Å². The van der Waals surface area contributed by atoms with Crippen molar-refractivity contribution in [2.75, 3.05) is 30.8 Å². The predicted molar refractivity (Wildman–Crippen MR) is 165 cm³/mol. The number of benzene rings is 3. The quantitative estimate of drug-likeness (QED) is 0.155. The summed E-state index contributed by atoms with van der Waals surface area (Å²) in [5, 5.41) is 10.4. The monoisotopic (exact) mass is 547 g/mol. The molecule has 1 aliphatic rings. The Morgan fingerprint density at radius 2 is 1.65 bits per heavy atom. The maximum atomic E-state index is 5.38. The first-order valence-electron chi connectivity index (χ1n) is 13.9. The van der Waals surface area contributed by atoms with Gasteiger partial charge in [0.05, 0.1) is 17.5 Å². The molecule has 0 aliphatic heterocycles. The fraction of sp³-hybridized carbons (Fsp3) is 0.273. The van der Waals surface area contributed by atoms with Crippen molar-refractivity contribution in [1.82, 2.24) is 14.7 Å². The summed E-state index contributed by atoms with van der Waals surface area (Å²) in [6, 6.07) is 32.8. The smallest absolute Gasteiger partial charge is 0.225 e. The van der Waals surface area contributed by atoms with E-state index in [0.717, 1.165) is 46.1 Å². The number of ether oxygens (including phenoxy) is 1. The lowest BCUT2D eigenvalue weighted by molar-refractivity contribution is 0.285. The van der Waals surface area contributed by atoms with Gasteiger partial charge in [-0.3, -0.25) is 4.72 Å². The van der Waals surface area contributed by atoms with Crippen molar-refractivity contribution in [3.05, 3.63) is 91.0 Å². The van der Waals surface area contributed by atoms with E-state index in [1.165, 1.54) is 36.5 Å². The van der Waals surface area contributed by atoms with Crippen molar-refractivity contribution in [2.45, 2.75) is 30.6 Å². The molecule has 4 aromatic carbocycles. The Bertz CT molecular complexity index is 1580. The minimum atomic E-state index is 0.620. The lowest BCUT2D eigenvalue weighted by Crippen LogP contribution is -2.26. The highest BCUT2D eigenvalue weighted by Crippen LogP contribution is 2.31. The zero-order valence-electron chi connectivity index (χ0n) is 22.6. The summed E-state index contributed by atoms with van der Waals surface area (Å²) in [4.78, 5) is 10.8. The molecule has 202 valence electrons. The summed E-state index contributed by atoms with van der Waals surface area (Å²) in [6.07, 6.45) is 4.88. The second-order valence-electron chi connectivity index (χ2n) is 10.3. The molecule has 0 spiro atoms. The molecule has 1 aromatic heterocycles. The predicted octanol–water partition coefficient (Wildman–Crippen LogP) is 7.65. The van der Waals surface area contributed by atoms with Gasteiger partial charge in [0.2, 0.25) is 5.95 Å². The SMILES string of the molecule is COc1cccc(Nc2nc(NCC3CCC(CNSc4c#ccc5ccccc45)CC3)nc3ccccc23)c1. The molecular formula is C33H33N5OS. The summed E-state index contributed by atoms with van der Waals surface area (Å²) in [5.74, 6) is 3.56. The Labute approximate surface area is 240 Å². The average Bonchev–Trinajstić information content (AvgIpc) is 3.01. The van der Waals surface area contributed by atoms with Crippen LogP contribution >= 0.6 is 11.9 Å². The van der Waals surface area contributed by atoms with Crippen LogP contribution in [0.3, 0.4) is 0 Å². The molecule has 0 saturated heterocycles. The minimum Gasteiger partial charge on any atom is -0.497 e. The Kier molecular flexibility index (Phi) is 8.17. The third kappa shape index (κ3) is 6.25. The standard InChI is InChI=1S/C33H33N5OS/c1-39-27-11-7-10-26(20-27)36-32-29-13-4-5-14-30(29)37-33(38-32)34-21-23-16-18-24(19-17-23)22-35-40-31-15-6-9-25-8-2-3-12-28(25)31/h2-5,7-14,20,23-24,35H,16-19,21-22H2,1H3,(H2,34,36,37,38). The molecule has 7 heteroatoms. The molecule has 0 bridgehead atoms. The molecule has 1 fully saturated rings. The van der Waals surface area contributed by atoms with Gasteiger partial charge in [-0.25, -0.2) is 4.98 Å². The summed E-state index contributed by atoms with van der Waals surface area (Å²) < 4.78 is 8.98. The molecule has 3 N–H and O–H groups in total. The molecule has 1 aliphatic carbocycles. The van der Waals surface area contributed by atoms with E-state index in [4.69, 9.17) is 14.7 Å². The third-order valence-electron chi connectivity index (χ3n) is 7.62. The van der Waals surface area contributed by atoms with Crippen LogP contribution in [-0.4, -0.2) is 30.2 Å². The molecule has 1 saturated carbocycles. The van der Waals surface area contributed by atoms with Crippen LogP contribution in [0.4, 0.5) is 17.5 Å². The fourth-order valence-corrected chi connectivity index (χ4v) is 6.22. The van der Waals surface area contributed by atoms with Gasteiger partial charge in [-0.05, 0) is 85.2 Å². The van der Waals surface area contributed by atoms with Crippen LogP contribution in [0.25, 0.3) is 21.7 Å². The molecule has 1 heterocycles. The summed E-state index contributed by atoms with van der Waals surface area (Å²) in [7, 11) is 1.67. The van der Waals surface area contributed by atoms with E-state index in [1.54, 1.807) is 19.1 Å². The minimum absolute atomic E-state index is 0.620. The van der Waals surface area contributed by atoms with Crippen molar-refractivity contribution in [1.29, 1.82) is 0 Å². The van der Waals surface area contributed by atoms with E-state index in [0.29, 0.717) is 17.8 Å². The molecule has 6 nitrogen and oxygen atoms in total. The number of nitrogens with zero attached hydrogens (tertiary/aromatic N) is 2. The molecule has 6 rings (SSSR count). The van der Waals surface area contributed by atoms with Crippen LogP contribution in [0.15, 0.2) is 83.8 Å². The van der Waals surface area contributed by atoms with Gasteiger partial charge in [0.15, 0.2) is 0 Å². The van der Waals surface area contributed by atoms with E-state index in [-0.39, 0.29) is 0 Å². The molecule has 5 aromatic rings. The maximum Gasteiger partial charge on any atom is 0.225 e. The lowest BCUT2D eigenvalue weighted by Gasteiger charge is -2.28. The van der Waals surface area contributed by atoms with Crippen LogP contribution in [0.5, 0.6) is 5.75 Å². The second-order valence-corrected chi connectivity index (χ2v) is 11.2. The number of hydrogen-bond donors (Lipinski definition) is 3. The number of fused-ring (bicyclic) bond motifs is 2. The van der Waals surface area contributed by atoms with Gasteiger partial charge < -0.3 is 15.4 Å². The summed E-state index contributed by atoms with van der Waals surface area (Å²) >= 11 is 1.68. The second kappa shape index (κ2) is 12.5. The van der Waals surface area contributed by atoms with Gasteiger partial charge in [-0.2, -0.15) is 4.98 Å². The molecule has 0 amide bonds. The Balaban J connectivity index is 1.02.